The molecule has 0 saturated carbocycles. The second kappa shape index (κ2) is 7.76. The molecule has 136 valence electrons. The van der Waals surface area contributed by atoms with E-state index < -0.39 is 37.1 Å². The van der Waals surface area contributed by atoms with Gasteiger partial charge in [-0.05, 0) is 38.5 Å². The van der Waals surface area contributed by atoms with Gasteiger partial charge in [0.1, 0.15) is 0 Å². The van der Waals surface area contributed by atoms with Gasteiger partial charge in [-0.3, -0.25) is 0 Å². The molecule has 0 radical (unpaired) electrons. The minimum Gasteiger partial charge on any atom is -0.242 e. The number of alkyl halides is 1. The van der Waals surface area contributed by atoms with Gasteiger partial charge >= 0.3 is 0 Å². The van der Waals surface area contributed by atoms with E-state index in [4.69, 9.17) is 0 Å². The number of sulfone groups is 1. The maximum Gasteiger partial charge on any atom is 0.225 e. The summed E-state index contributed by atoms with van der Waals surface area (Å²) in [5.74, 6) is 0. The van der Waals surface area contributed by atoms with Gasteiger partial charge in [-0.1, -0.05) is 48.5 Å². The molecule has 4 nitrogen and oxygen atoms in total. The van der Waals surface area contributed by atoms with Crippen molar-refractivity contribution in [3.8, 4) is 0 Å². The summed E-state index contributed by atoms with van der Waals surface area (Å²) in [5, 5.41) is 0. The Hall–Kier alpha value is -1.57. The lowest BCUT2D eigenvalue weighted by molar-refractivity contribution is 0.354. The van der Waals surface area contributed by atoms with Crippen molar-refractivity contribution in [2.24, 2.45) is 0 Å². The van der Waals surface area contributed by atoms with Crippen LogP contribution in [0.3, 0.4) is 0 Å². The van der Waals surface area contributed by atoms with Crippen molar-refractivity contribution in [1.29, 1.82) is 0 Å². The molecule has 2 rings (SSSR count). The summed E-state index contributed by atoms with van der Waals surface area (Å²) in [6, 6.07) is 14.6. The van der Waals surface area contributed by atoms with Crippen LogP contribution in [-0.2, 0) is 20.8 Å². The third-order valence-electron chi connectivity index (χ3n) is 3.58. The van der Waals surface area contributed by atoms with Crippen LogP contribution in [0.25, 0.3) is 0 Å². The lowest BCUT2D eigenvalue weighted by atomic mass is 10.1. The summed E-state index contributed by atoms with van der Waals surface area (Å²) in [5.41, 5.74) is -1.85. The summed E-state index contributed by atoms with van der Waals surface area (Å²) in [7, 11) is -5.88. The number of nitrogens with one attached hydrogen (secondary N) is 1. The van der Waals surface area contributed by atoms with Crippen molar-refractivity contribution in [2.45, 2.75) is 42.0 Å². The van der Waals surface area contributed by atoms with Gasteiger partial charge < -0.3 is 0 Å². The van der Waals surface area contributed by atoms with Crippen LogP contribution >= 0.6 is 0 Å². The van der Waals surface area contributed by atoms with Gasteiger partial charge in [0.05, 0.1) is 26.7 Å². The summed E-state index contributed by atoms with van der Waals surface area (Å²) < 4.78 is 55.0. The first-order valence-corrected chi connectivity index (χ1v) is 10.5. The molecule has 0 saturated heterocycles. The predicted molar refractivity (Wildman–Crippen MR) is 98.7 cm³/mol. The first-order chi connectivity index (χ1) is 11.6. The molecule has 0 aliphatic carbocycles. The smallest absolute Gasteiger partial charge is 0.225 e. The van der Waals surface area contributed by atoms with E-state index in [1.54, 1.807) is 57.2 Å². The summed E-state index contributed by atoms with van der Waals surface area (Å²) >= 11 is 0. The molecular formula is C18H22FNO3S2. The van der Waals surface area contributed by atoms with E-state index in [-0.39, 0.29) is 4.90 Å². The van der Waals surface area contributed by atoms with Crippen molar-refractivity contribution < 1.29 is 17.0 Å². The molecule has 0 bridgehead atoms. The topological polar surface area (TPSA) is 63.2 Å². The third-order valence-corrected chi connectivity index (χ3v) is 6.95. The fourth-order valence-electron chi connectivity index (χ4n) is 2.14. The van der Waals surface area contributed by atoms with Gasteiger partial charge in [0.2, 0.25) is 15.3 Å². The van der Waals surface area contributed by atoms with E-state index in [9.17, 15) is 12.6 Å². The number of hydrogen-bond donors (Lipinski definition) is 1. The van der Waals surface area contributed by atoms with Crippen LogP contribution in [0.1, 0.15) is 32.4 Å². The monoisotopic (exact) mass is 383 g/mol. The molecule has 7 heteroatoms. The highest BCUT2D eigenvalue weighted by molar-refractivity contribution is 7.92. The highest BCUT2D eigenvalue weighted by atomic mass is 32.2. The molecule has 3 atom stereocenters. The first kappa shape index (κ1) is 19.8. The standard InChI is InChI=1S/C18H22FNO3S2/c1-18(2,3)24(21)20-16(14-10-6-4-7-11-14)17(19)25(22,23)15-12-8-5-9-13-15/h4-13,16-17,20H,1-3H3/t16-,17+,24+/m0/s1. The fraction of sp³-hybridized carbons (Fsp3) is 0.333. The van der Waals surface area contributed by atoms with Crippen molar-refractivity contribution in [1.82, 2.24) is 4.72 Å². The zero-order valence-corrected chi connectivity index (χ0v) is 16.0. The number of hydrogen-bond acceptors (Lipinski definition) is 3. The fourth-order valence-corrected chi connectivity index (χ4v) is 4.45. The molecule has 0 unspecified atom stereocenters. The van der Waals surface area contributed by atoms with Gasteiger partial charge in [-0.15, -0.1) is 0 Å². The van der Waals surface area contributed by atoms with Crippen LogP contribution in [0, 0.1) is 0 Å². The average Bonchev–Trinajstić information content (AvgIpc) is 2.59. The quantitative estimate of drug-likeness (QED) is 0.830. The van der Waals surface area contributed by atoms with E-state index in [2.05, 4.69) is 4.72 Å². The van der Waals surface area contributed by atoms with Crippen LogP contribution in [0.4, 0.5) is 4.39 Å². The Labute approximate surface area is 151 Å². The number of benzene rings is 2. The second-order valence-corrected chi connectivity index (χ2v) is 10.6. The maximum absolute atomic E-state index is 15.2. The summed E-state index contributed by atoms with van der Waals surface area (Å²) in [6.45, 7) is 5.20. The molecule has 0 heterocycles. The lowest BCUT2D eigenvalue weighted by Crippen LogP contribution is -2.41. The average molecular weight is 384 g/mol. The zero-order valence-electron chi connectivity index (χ0n) is 14.3. The van der Waals surface area contributed by atoms with E-state index in [0.717, 1.165) is 0 Å². The predicted octanol–water partition coefficient (Wildman–Crippen LogP) is 3.55. The van der Waals surface area contributed by atoms with E-state index in [1.807, 2.05) is 0 Å². The van der Waals surface area contributed by atoms with Gasteiger partial charge in [-0.25, -0.2) is 21.7 Å². The second-order valence-electron chi connectivity index (χ2n) is 6.60. The number of halogens is 1. The van der Waals surface area contributed by atoms with Crippen LogP contribution < -0.4 is 4.72 Å². The van der Waals surface area contributed by atoms with E-state index >= 15 is 4.39 Å². The minimum absolute atomic E-state index is 0.105. The van der Waals surface area contributed by atoms with E-state index in [1.165, 1.54) is 24.3 Å². The maximum atomic E-state index is 15.2. The van der Waals surface area contributed by atoms with E-state index in [0.29, 0.717) is 5.56 Å². The van der Waals surface area contributed by atoms with Crippen molar-refractivity contribution in [3.63, 3.8) is 0 Å². The van der Waals surface area contributed by atoms with Gasteiger partial charge in [-0.2, -0.15) is 0 Å². The SMILES string of the molecule is CC(C)(C)[S@@](=O)N[C@@H](c1ccccc1)[C@H](F)S(=O)(=O)c1ccccc1. The molecule has 25 heavy (non-hydrogen) atoms. The normalized spacial score (nSPS) is 16.2. The Balaban J connectivity index is 2.43. The summed E-state index contributed by atoms with van der Waals surface area (Å²) in [6.07, 6.45) is 0. The highest BCUT2D eigenvalue weighted by Gasteiger charge is 2.38. The van der Waals surface area contributed by atoms with Crippen molar-refractivity contribution >= 4 is 20.8 Å². The Bertz CT molecular complexity index is 818. The summed E-state index contributed by atoms with van der Waals surface area (Å²) in [4.78, 5) is -0.105. The van der Waals surface area contributed by atoms with Crippen LogP contribution in [-0.4, -0.2) is 22.9 Å². The van der Waals surface area contributed by atoms with Gasteiger partial charge in [0, 0.05) is 0 Å². The molecule has 0 aliphatic rings. The molecule has 0 spiro atoms. The van der Waals surface area contributed by atoms with Crippen molar-refractivity contribution in [3.05, 3.63) is 66.2 Å². The Kier molecular flexibility index (Phi) is 6.13. The molecule has 0 fully saturated rings. The van der Waals surface area contributed by atoms with Crippen LogP contribution in [0.15, 0.2) is 65.6 Å². The molecule has 1 N–H and O–H groups in total. The van der Waals surface area contributed by atoms with Crippen LogP contribution in [0.5, 0.6) is 0 Å². The zero-order chi connectivity index (χ0) is 18.7. The molecule has 0 amide bonds. The van der Waals surface area contributed by atoms with Crippen molar-refractivity contribution in [2.75, 3.05) is 0 Å². The molecule has 0 aromatic heterocycles. The van der Waals surface area contributed by atoms with Crippen LogP contribution in [0.2, 0.25) is 0 Å². The molecular weight excluding hydrogens is 361 g/mol. The van der Waals surface area contributed by atoms with Gasteiger partial charge in [0.25, 0.3) is 0 Å². The Morgan fingerprint density at radius 1 is 0.960 bits per heavy atom. The minimum atomic E-state index is -4.24. The van der Waals surface area contributed by atoms with Gasteiger partial charge in [0.15, 0.2) is 0 Å². The molecule has 2 aromatic carbocycles. The highest BCUT2D eigenvalue weighted by Crippen LogP contribution is 2.29. The largest absolute Gasteiger partial charge is 0.242 e. The third kappa shape index (κ3) is 4.74. The molecule has 2 aromatic rings. The lowest BCUT2D eigenvalue weighted by Gasteiger charge is -2.26. The Morgan fingerprint density at radius 2 is 1.44 bits per heavy atom. The Morgan fingerprint density at radius 3 is 1.92 bits per heavy atom. The number of rotatable bonds is 6. The first-order valence-electron chi connectivity index (χ1n) is 7.80. The molecule has 0 aliphatic heterocycles.